The molecule has 3 rings (SSSR count). The predicted molar refractivity (Wildman–Crippen MR) is 104 cm³/mol. The highest BCUT2D eigenvalue weighted by Crippen LogP contribution is 2.13. The molecule has 1 N–H and O–H groups in total. The molecular weight excluding hydrogens is 356 g/mol. The molecule has 0 radical (unpaired) electrons. The SMILES string of the molecule is CCOC(=O)[C@@H](Cc1ccccc1)NC(=O)c1cnn(-c2ccccn2)c1C. The summed E-state index contributed by atoms with van der Waals surface area (Å²) < 4.78 is 6.72. The topological polar surface area (TPSA) is 86.1 Å². The Bertz CT molecular complexity index is 939. The number of aromatic nitrogens is 3. The number of hydrogen-bond acceptors (Lipinski definition) is 5. The number of carbonyl (C=O) groups is 2. The lowest BCUT2D eigenvalue weighted by molar-refractivity contribution is -0.145. The molecule has 0 aliphatic rings. The smallest absolute Gasteiger partial charge is 0.328 e. The second-order valence-electron chi connectivity index (χ2n) is 6.21. The van der Waals surface area contributed by atoms with Crippen molar-refractivity contribution in [1.82, 2.24) is 20.1 Å². The van der Waals surface area contributed by atoms with Gasteiger partial charge < -0.3 is 10.1 Å². The summed E-state index contributed by atoms with van der Waals surface area (Å²) in [6.07, 6.45) is 3.48. The number of carbonyl (C=O) groups excluding carboxylic acids is 2. The molecule has 1 amide bonds. The van der Waals surface area contributed by atoms with Crippen LogP contribution in [0, 0.1) is 6.92 Å². The third-order valence-electron chi connectivity index (χ3n) is 4.28. The van der Waals surface area contributed by atoms with Crippen LogP contribution in [-0.4, -0.2) is 39.3 Å². The lowest BCUT2D eigenvalue weighted by atomic mass is 10.1. The minimum Gasteiger partial charge on any atom is -0.464 e. The summed E-state index contributed by atoms with van der Waals surface area (Å²) in [5.74, 6) is -0.228. The van der Waals surface area contributed by atoms with E-state index in [1.807, 2.05) is 42.5 Å². The van der Waals surface area contributed by atoms with Crippen LogP contribution in [0.15, 0.2) is 60.9 Å². The third kappa shape index (κ3) is 4.43. The van der Waals surface area contributed by atoms with Crippen molar-refractivity contribution >= 4 is 11.9 Å². The number of hydrogen-bond donors (Lipinski definition) is 1. The molecule has 2 aromatic heterocycles. The van der Waals surface area contributed by atoms with Crippen molar-refractivity contribution in [3.63, 3.8) is 0 Å². The zero-order valence-electron chi connectivity index (χ0n) is 15.8. The van der Waals surface area contributed by atoms with Gasteiger partial charge in [-0.15, -0.1) is 0 Å². The molecule has 0 saturated heterocycles. The van der Waals surface area contributed by atoms with Crippen LogP contribution in [0.3, 0.4) is 0 Å². The summed E-state index contributed by atoms with van der Waals surface area (Å²) in [4.78, 5) is 29.4. The van der Waals surface area contributed by atoms with Crippen molar-refractivity contribution in [1.29, 1.82) is 0 Å². The Morgan fingerprint density at radius 3 is 2.57 bits per heavy atom. The molecule has 7 nitrogen and oxygen atoms in total. The lowest BCUT2D eigenvalue weighted by Gasteiger charge is -2.17. The Balaban J connectivity index is 1.80. The van der Waals surface area contributed by atoms with E-state index in [-0.39, 0.29) is 12.5 Å². The highest BCUT2D eigenvalue weighted by Gasteiger charge is 2.25. The Hall–Kier alpha value is -3.48. The number of nitrogens with one attached hydrogen (secondary N) is 1. The maximum Gasteiger partial charge on any atom is 0.328 e. The molecule has 28 heavy (non-hydrogen) atoms. The average Bonchev–Trinajstić information content (AvgIpc) is 3.10. The van der Waals surface area contributed by atoms with Gasteiger partial charge in [-0.2, -0.15) is 5.10 Å². The molecule has 144 valence electrons. The summed E-state index contributed by atoms with van der Waals surface area (Å²) in [5, 5.41) is 7.04. The van der Waals surface area contributed by atoms with E-state index in [9.17, 15) is 9.59 Å². The molecule has 1 aromatic carbocycles. The van der Waals surface area contributed by atoms with E-state index in [0.717, 1.165) is 5.56 Å². The Morgan fingerprint density at radius 2 is 1.89 bits per heavy atom. The van der Waals surface area contributed by atoms with Crippen molar-refractivity contribution in [3.8, 4) is 5.82 Å². The van der Waals surface area contributed by atoms with Gasteiger partial charge in [0.2, 0.25) is 0 Å². The molecule has 1 atom stereocenters. The van der Waals surface area contributed by atoms with E-state index >= 15 is 0 Å². The number of amides is 1. The summed E-state index contributed by atoms with van der Waals surface area (Å²) in [7, 11) is 0. The fourth-order valence-corrected chi connectivity index (χ4v) is 2.86. The average molecular weight is 378 g/mol. The van der Waals surface area contributed by atoms with E-state index < -0.39 is 12.0 Å². The van der Waals surface area contributed by atoms with Crippen LogP contribution < -0.4 is 5.32 Å². The summed E-state index contributed by atoms with van der Waals surface area (Å²) >= 11 is 0. The van der Waals surface area contributed by atoms with Crippen LogP contribution in [0.4, 0.5) is 0 Å². The minimum absolute atomic E-state index is 0.247. The van der Waals surface area contributed by atoms with Gasteiger partial charge in [0.05, 0.1) is 24.1 Å². The fraction of sp³-hybridized carbons (Fsp3) is 0.238. The van der Waals surface area contributed by atoms with Gasteiger partial charge in [0.1, 0.15) is 6.04 Å². The van der Waals surface area contributed by atoms with Crippen LogP contribution in [0.25, 0.3) is 5.82 Å². The largest absolute Gasteiger partial charge is 0.464 e. The Morgan fingerprint density at radius 1 is 1.14 bits per heavy atom. The van der Waals surface area contributed by atoms with Crippen LogP contribution in [0.1, 0.15) is 28.5 Å². The third-order valence-corrected chi connectivity index (χ3v) is 4.28. The van der Waals surface area contributed by atoms with Crippen molar-refractivity contribution < 1.29 is 14.3 Å². The van der Waals surface area contributed by atoms with Crippen LogP contribution >= 0.6 is 0 Å². The summed E-state index contributed by atoms with van der Waals surface area (Å²) in [5.41, 5.74) is 1.95. The molecule has 0 spiro atoms. The van der Waals surface area contributed by atoms with Crippen molar-refractivity contribution in [2.45, 2.75) is 26.3 Å². The molecule has 0 bridgehead atoms. The monoisotopic (exact) mass is 378 g/mol. The van der Waals surface area contributed by atoms with E-state index in [1.165, 1.54) is 6.20 Å². The summed E-state index contributed by atoms with van der Waals surface area (Å²) in [6.45, 7) is 3.77. The van der Waals surface area contributed by atoms with Crippen molar-refractivity contribution in [3.05, 3.63) is 77.7 Å². The molecular formula is C21H22N4O3. The van der Waals surface area contributed by atoms with Gasteiger partial charge in [-0.25, -0.2) is 14.5 Å². The Labute approximate surface area is 163 Å². The van der Waals surface area contributed by atoms with Crippen molar-refractivity contribution in [2.24, 2.45) is 0 Å². The number of benzene rings is 1. The van der Waals surface area contributed by atoms with Gasteiger partial charge in [-0.3, -0.25) is 4.79 Å². The van der Waals surface area contributed by atoms with Crippen LogP contribution in [-0.2, 0) is 16.0 Å². The quantitative estimate of drug-likeness (QED) is 0.639. The predicted octanol–water partition coefficient (Wildman–Crippen LogP) is 2.48. The molecule has 7 heteroatoms. The lowest BCUT2D eigenvalue weighted by Crippen LogP contribution is -2.43. The minimum atomic E-state index is -0.785. The number of esters is 1. The van der Waals surface area contributed by atoms with E-state index in [0.29, 0.717) is 23.5 Å². The van der Waals surface area contributed by atoms with Gasteiger partial charge >= 0.3 is 5.97 Å². The maximum absolute atomic E-state index is 12.8. The first-order valence-electron chi connectivity index (χ1n) is 9.07. The van der Waals surface area contributed by atoms with Gasteiger partial charge in [0.25, 0.3) is 5.91 Å². The van der Waals surface area contributed by atoms with Gasteiger partial charge in [-0.1, -0.05) is 36.4 Å². The molecule has 0 fully saturated rings. The number of nitrogens with zero attached hydrogens (tertiary/aromatic N) is 3. The second-order valence-corrected chi connectivity index (χ2v) is 6.21. The van der Waals surface area contributed by atoms with Crippen molar-refractivity contribution in [2.75, 3.05) is 6.61 Å². The van der Waals surface area contributed by atoms with Gasteiger partial charge in [0, 0.05) is 12.6 Å². The fourth-order valence-electron chi connectivity index (χ4n) is 2.86. The first-order valence-corrected chi connectivity index (χ1v) is 9.07. The van der Waals surface area contributed by atoms with E-state index in [1.54, 1.807) is 30.8 Å². The Kier molecular flexibility index (Phi) is 6.16. The van der Waals surface area contributed by atoms with Crippen LogP contribution in [0.2, 0.25) is 0 Å². The molecule has 0 aliphatic heterocycles. The second kappa shape index (κ2) is 8.94. The highest BCUT2D eigenvalue weighted by atomic mass is 16.5. The first-order chi connectivity index (χ1) is 13.6. The molecule has 0 aliphatic carbocycles. The van der Waals surface area contributed by atoms with E-state index in [4.69, 9.17) is 4.74 Å². The molecule has 2 heterocycles. The summed E-state index contributed by atoms with van der Waals surface area (Å²) in [6, 6.07) is 14.2. The highest BCUT2D eigenvalue weighted by molar-refractivity contribution is 5.97. The standard InChI is InChI=1S/C21H22N4O3/c1-3-28-21(27)18(13-16-9-5-4-6-10-16)24-20(26)17-14-23-25(15(17)2)19-11-7-8-12-22-19/h4-12,14,18H,3,13H2,1-2H3,(H,24,26)/t18-/m1/s1. The normalized spacial score (nSPS) is 11.6. The number of ether oxygens (including phenoxy) is 1. The molecule has 0 unspecified atom stereocenters. The van der Waals surface area contributed by atoms with Gasteiger partial charge in [0.15, 0.2) is 5.82 Å². The number of rotatable bonds is 7. The van der Waals surface area contributed by atoms with Gasteiger partial charge in [-0.05, 0) is 31.5 Å². The van der Waals surface area contributed by atoms with E-state index in [2.05, 4.69) is 15.4 Å². The zero-order valence-corrected chi connectivity index (χ0v) is 15.8. The molecule has 0 saturated carbocycles. The first kappa shape index (κ1) is 19.3. The zero-order chi connectivity index (χ0) is 19.9. The number of pyridine rings is 1. The van der Waals surface area contributed by atoms with Crippen LogP contribution in [0.5, 0.6) is 0 Å². The maximum atomic E-state index is 12.8. The molecule has 3 aromatic rings.